The van der Waals surface area contributed by atoms with Crippen molar-refractivity contribution in [1.82, 2.24) is 15.3 Å². The highest BCUT2D eigenvalue weighted by molar-refractivity contribution is 6.31. The van der Waals surface area contributed by atoms with Crippen molar-refractivity contribution in [3.05, 3.63) is 65.6 Å². The van der Waals surface area contributed by atoms with Gasteiger partial charge >= 0.3 is 0 Å². The Morgan fingerprint density at radius 3 is 2.90 bits per heavy atom. The molecule has 0 aliphatic heterocycles. The molecular formula is C15H15ClN4O. The van der Waals surface area contributed by atoms with Crippen molar-refractivity contribution in [3.63, 3.8) is 0 Å². The molecule has 2 N–H and O–H groups in total. The number of halogens is 1. The van der Waals surface area contributed by atoms with E-state index in [2.05, 4.69) is 27.2 Å². The van der Waals surface area contributed by atoms with E-state index in [1.54, 1.807) is 12.1 Å². The van der Waals surface area contributed by atoms with E-state index >= 15 is 0 Å². The molecule has 0 radical (unpaired) electrons. The van der Waals surface area contributed by atoms with Gasteiger partial charge in [0, 0.05) is 24.2 Å². The maximum atomic E-state index is 11.8. The molecule has 6 heteroatoms. The van der Waals surface area contributed by atoms with Crippen LogP contribution in [0.2, 0.25) is 5.02 Å². The molecule has 5 nitrogen and oxygen atoms in total. The van der Waals surface area contributed by atoms with Gasteiger partial charge in [0.05, 0.1) is 0 Å². The van der Waals surface area contributed by atoms with Crippen LogP contribution in [0.3, 0.4) is 0 Å². The summed E-state index contributed by atoms with van der Waals surface area (Å²) in [6.45, 7) is 4.46. The third-order valence-corrected chi connectivity index (χ3v) is 3.09. The maximum Gasteiger partial charge on any atom is 0.270 e. The van der Waals surface area contributed by atoms with Crippen LogP contribution >= 0.6 is 11.6 Å². The molecule has 0 saturated heterocycles. The summed E-state index contributed by atoms with van der Waals surface area (Å²) in [4.78, 5) is 19.8. The summed E-state index contributed by atoms with van der Waals surface area (Å²) < 4.78 is 0. The molecule has 0 saturated carbocycles. The van der Waals surface area contributed by atoms with Gasteiger partial charge in [-0.15, -0.1) is 6.58 Å². The number of hydrogen-bond donors (Lipinski definition) is 2. The van der Waals surface area contributed by atoms with Crippen LogP contribution < -0.4 is 10.6 Å². The number of nitrogens with zero attached hydrogens (tertiary/aromatic N) is 2. The SMILES string of the molecule is C=CCNC(=O)c1cc(NCc2ccccc2Cl)ncn1. The van der Waals surface area contributed by atoms with Crippen molar-refractivity contribution >= 4 is 23.3 Å². The van der Waals surface area contributed by atoms with Gasteiger partial charge in [0.1, 0.15) is 17.8 Å². The Kier molecular flexibility index (Phi) is 5.29. The number of hydrogen-bond acceptors (Lipinski definition) is 4. The highest BCUT2D eigenvalue weighted by atomic mass is 35.5. The highest BCUT2D eigenvalue weighted by Crippen LogP contribution is 2.16. The van der Waals surface area contributed by atoms with Crippen molar-refractivity contribution in [2.45, 2.75) is 6.54 Å². The van der Waals surface area contributed by atoms with E-state index in [0.29, 0.717) is 29.6 Å². The second-order valence-corrected chi connectivity index (χ2v) is 4.64. The first-order valence-electron chi connectivity index (χ1n) is 6.39. The Morgan fingerprint density at radius 2 is 2.14 bits per heavy atom. The van der Waals surface area contributed by atoms with Crippen LogP contribution in [0.15, 0.2) is 49.3 Å². The molecule has 2 rings (SSSR count). The van der Waals surface area contributed by atoms with E-state index in [1.807, 2.05) is 24.3 Å². The molecule has 0 fully saturated rings. The van der Waals surface area contributed by atoms with Crippen LogP contribution in [-0.4, -0.2) is 22.4 Å². The van der Waals surface area contributed by atoms with E-state index in [4.69, 9.17) is 11.6 Å². The van der Waals surface area contributed by atoms with Crippen molar-refractivity contribution in [2.75, 3.05) is 11.9 Å². The Bertz CT molecular complexity index is 645. The minimum atomic E-state index is -0.266. The van der Waals surface area contributed by atoms with Gasteiger partial charge in [0.2, 0.25) is 0 Å². The summed E-state index contributed by atoms with van der Waals surface area (Å²) in [5, 5.41) is 6.46. The van der Waals surface area contributed by atoms with Crippen LogP contribution in [0.25, 0.3) is 0 Å². The average molecular weight is 303 g/mol. The zero-order valence-corrected chi connectivity index (χ0v) is 12.1. The molecule has 0 atom stereocenters. The van der Waals surface area contributed by atoms with Gasteiger partial charge in [-0.05, 0) is 11.6 Å². The standard InChI is InChI=1S/C15H15ClN4O/c1-2-7-17-15(21)13-8-14(20-10-19-13)18-9-11-5-3-4-6-12(11)16/h2-6,8,10H,1,7,9H2,(H,17,21)(H,18,19,20). The summed E-state index contributed by atoms with van der Waals surface area (Å²) in [6, 6.07) is 9.13. The lowest BCUT2D eigenvalue weighted by Crippen LogP contribution is -2.24. The van der Waals surface area contributed by atoms with E-state index in [-0.39, 0.29) is 5.91 Å². The highest BCUT2D eigenvalue weighted by Gasteiger charge is 2.07. The van der Waals surface area contributed by atoms with Gasteiger partial charge in [-0.3, -0.25) is 4.79 Å². The molecule has 0 bridgehead atoms. The lowest BCUT2D eigenvalue weighted by atomic mass is 10.2. The van der Waals surface area contributed by atoms with Gasteiger partial charge in [0.15, 0.2) is 0 Å². The zero-order valence-electron chi connectivity index (χ0n) is 11.3. The van der Waals surface area contributed by atoms with Gasteiger partial charge in [-0.25, -0.2) is 9.97 Å². The Morgan fingerprint density at radius 1 is 1.33 bits per heavy atom. The largest absolute Gasteiger partial charge is 0.366 e. The van der Waals surface area contributed by atoms with Crippen LogP contribution in [0, 0.1) is 0 Å². The molecule has 1 heterocycles. The summed E-state index contributed by atoms with van der Waals surface area (Å²) in [5.74, 6) is 0.298. The van der Waals surface area contributed by atoms with Crippen LogP contribution in [-0.2, 0) is 6.54 Å². The Labute approximate surface area is 128 Å². The topological polar surface area (TPSA) is 66.9 Å². The van der Waals surface area contributed by atoms with E-state index in [0.717, 1.165) is 5.56 Å². The summed E-state index contributed by atoms with van der Waals surface area (Å²) in [5.41, 5.74) is 1.25. The average Bonchev–Trinajstić information content (AvgIpc) is 2.52. The second-order valence-electron chi connectivity index (χ2n) is 4.23. The fourth-order valence-corrected chi connectivity index (χ4v) is 1.86. The molecular weight excluding hydrogens is 288 g/mol. The van der Waals surface area contributed by atoms with Crippen LogP contribution in [0.1, 0.15) is 16.1 Å². The smallest absolute Gasteiger partial charge is 0.270 e. The number of benzene rings is 1. The number of carbonyl (C=O) groups excluding carboxylic acids is 1. The molecule has 21 heavy (non-hydrogen) atoms. The van der Waals surface area contributed by atoms with Gasteiger partial charge in [0.25, 0.3) is 5.91 Å². The fraction of sp³-hybridized carbons (Fsp3) is 0.133. The van der Waals surface area contributed by atoms with Crippen molar-refractivity contribution in [2.24, 2.45) is 0 Å². The van der Waals surface area contributed by atoms with E-state index < -0.39 is 0 Å². The molecule has 1 aromatic carbocycles. The normalized spacial score (nSPS) is 9.95. The first-order chi connectivity index (χ1) is 10.2. The molecule has 0 unspecified atom stereocenters. The predicted molar refractivity (Wildman–Crippen MR) is 83.3 cm³/mol. The van der Waals surface area contributed by atoms with Gasteiger partial charge in [-0.1, -0.05) is 35.9 Å². The molecule has 0 aliphatic carbocycles. The lowest BCUT2D eigenvalue weighted by molar-refractivity contribution is 0.0953. The minimum absolute atomic E-state index is 0.266. The van der Waals surface area contributed by atoms with E-state index in [9.17, 15) is 4.79 Å². The van der Waals surface area contributed by atoms with Crippen LogP contribution in [0.5, 0.6) is 0 Å². The summed E-state index contributed by atoms with van der Waals surface area (Å²) in [7, 11) is 0. The zero-order chi connectivity index (χ0) is 15.1. The summed E-state index contributed by atoms with van der Waals surface area (Å²) in [6.07, 6.45) is 2.95. The van der Waals surface area contributed by atoms with Crippen LogP contribution in [0.4, 0.5) is 5.82 Å². The predicted octanol–water partition coefficient (Wildman–Crippen LogP) is 2.66. The molecule has 1 aromatic heterocycles. The third-order valence-electron chi connectivity index (χ3n) is 2.72. The third kappa shape index (κ3) is 4.29. The number of nitrogens with one attached hydrogen (secondary N) is 2. The first-order valence-corrected chi connectivity index (χ1v) is 6.77. The number of carbonyl (C=O) groups is 1. The molecule has 1 amide bonds. The number of amides is 1. The second kappa shape index (κ2) is 7.40. The van der Waals surface area contributed by atoms with Crippen molar-refractivity contribution in [3.8, 4) is 0 Å². The maximum absolute atomic E-state index is 11.8. The number of rotatable bonds is 6. The molecule has 0 spiro atoms. The van der Waals surface area contributed by atoms with Crippen molar-refractivity contribution in [1.29, 1.82) is 0 Å². The van der Waals surface area contributed by atoms with Gasteiger partial charge in [-0.2, -0.15) is 0 Å². The quantitative estimate of drug-likeness (QED) is 0.805. The molecule has 0 aliphatic rings. The Balaban J connectivity index is 2.03. The number of anilines is 1. The van der Waals surface area contributed by atoms with Crippen molar-refractivity contribution < 1.29 is 4.79 Å². The minimum Gasteiger partial charge on any atom is -0.366 e. The van der Waals surface area contributed by atoms with E-state index in [1.165, 1.54) is 6.33 Å². The monoisotopic (exact) mass is 302 g/mol. The first kappa shape index (κ1) is 15.0. The van der Waals surface area contributed by atoms with Gasteiger partial charge < -0.3 is 10.6 Å². The fourth-order valence-electron chi connectivity index (χ4n) is 1.66. The summed E-state index contributed by atoms with van der Waals surface area (Å²) >= 11 is 6.08. The lowest BCUT2D eigenvalue weighted by Gasteiger charge is -2.08. The Hall–Kier alpha value is -2.40. The number of aromatic nitrogens is 2. The molecule has 2 aromatic rings. The molecule has 108 valence electrons.